The van der Waals surface area contributed by atoms with Gasteiger partial charge in [0, 0.05) is 35.2 Å². The van der Waals surface area contributed by atoms with Gasteiger partial charge in [-0.2, -0.15) is 4.31 Å². The number of hydrogen-bond acceptors (Lipinski definition) is 4. The molecule has 3 rings (SSSR count). The van der Waals surface area contributed by atoms with Crippen LogP contribution in [0.5, 0.6) is 0 Å². The number of rotatable bonds is 5. The van der Waals surface area contributed by atoms with Crippen molar-refractivity contribution in [3.63, 3.8) is 0 Å². The van der Waals surface area contributed by atoms with Crippen molar-refractivity contribution in [3.8, 4) is 0 Å². The number of halogens is 2. The van der Waals surface area contributed by atoms with Crippen molar-refractivity contribution in [2.45, 2.75) is 11.4 Å². The molecule has 6 nitrogen and oxygen atoms in total. The number of benzene rings is 2. The van der Waals surface area contributed by atoms with Gasteiger partial charge in [0.05, 0.1) is 18.1 Å². The number of nitrogens with zero attached hydrogens (tertiary/aromatic N) is 1. The predicted molar refractivity (Wildman–Crippen MR) is 101 cm³/mol. The maximum atomic E-state index is 13.8. The highest BCUT2D eigenvalue weighted by Crippen LogP contribution is 2.19. The molecule has 0 bridgehead atoms. The lowest BCUT2D eigenvalue weighted by Crippen LogP contribution is -2.40. The minimum atomic E-state index is -3.69. The van der Waals surface area contributed by atoms with E-state index in [2.05, 4.69) is 21.2 Å². The molecule has 1 heterocycles. The van der Waals surface area contributed by atoms with Gasteiger partial charge in [-0.1, -0.05) is 22.0 Å². The number of amides is 1. The van der Waals surface area contributed by atoms with Crippen LogP contribution < -0.4 is 5.32 Å². The number of carbonyl (C=O) groups excluding carboxylic acids is 1. The number of ether oxygens (including phenoxy) is 1. The van der Waals surface area contributed by atoms with Crippen LogP contribution in [0.3, 0.4) is 0 Å². The first-order chi connectivity index (χ1) is 12.9. The molecule has 0 aliphatic carbocycles. The SMILES string of the molecule is O=C(NCc1cc(Br)ccc1F)c1cccc(S(=O)(=O)N2CCOCC2)c1. The molecular formula is C18H18BrFN2O4S. The van der Waals surface area contributed by atoms with Crippen LogP contribution in [-0.4, -0.2) is 44.9 Å². The molecule has 1 N–H and O–H groups in total. The summed E-state index contributed by atoms with van der Waals surface area (Å²) < 4.78 is 46.4. The average Bonchev–Trinajstić information content (AvgIpc) is 2.69. The molecule has 27 heavy (non-hydrogen) atoms. The Labute approximate surface area is 165 Å². The van der Waals surface area contributed by atoms with Gasteiger partial charge in [0.15, 0.2) is 0 Å². The number of morpholine rings is 1. The number of nitrogens with one attached hydrogen (secondary N) is 1. The maximum absolute atomic E-state index is 13.8. The van der Waals surface area contributed by atoms with Crippen molar-refractivity contribution in [2.24, 2.45) is 0 Å². The third-order valence-electron chi connectivity index (χ3n) is 4.15. The van der Waals surface area contributed by atoms with E-state index in [9.17, 15) is 17.6 Å². The molecule has 0 spiro atoms. The van der Waals surface area contributed by atoms with Gasteiger partial charge in [-0.05, 0) is 36.4 Å². The number of sulfonamides is 1. The molecule has 2 aromatic carbocycles. The minimum absolute atomic E-state index is 0.00938. The fraction of sp³-hybridized carbons (Fsp3) is 0.278. The molecule has 0 radical (unpaired) electrons. The summed E-state index contributed by atoms with van der Waals surface area (Å²) in [6.07, 6.45) is 0. The van der Waals surface area contributed by atoms with Crippen molar-refractivity contribution >= 4 is 31.9 Å². The third-order valence-corrected chi connectivity index (χ3v) is 6.54. The lowest BCUT2D eigenvalue weighted by Gasteiger charge is -2.26. The van der Waals surface area contributed by atoms with Gasteiger partial charge < -0.3 is 10.1 Å². The Hall–Kier alpha value is -1.81. The van der Waals surface area contributed by atoms with Crippen molar-refractivity contribution in [1.29, 1.82) is 0 Å². The summed E-state index contributed by atoms with van der Waals surface area (Å²) in [7, 11) is -3.69. The van der Waals surface area contributed by atoms with Gasteiger partial charge in [-0.15, -0.1) is 0 Å². The quantitative estimate of drug-likeness (QED) is 0.749. The smallest absolute Gasteiger partial charge is 0.251 e. The second kappa shape index (κ2) is 8.47. The molecule has 1 fully saturated rings. The lowest BCUT2D eigenvalue weighted by atomic mass is 10.2. The van der Waals surface area contributed by atoms with E-state index in [1.807, 2.05) is 0 Å². The normalized spacial score (nSPS) is 15.5. The second-order valence-electron chi connectivity index (χ2n) is 5.96. The minimum Gasteiger partial charge on any atom is -0.379 e. The van der Waals surface area contributed by atoms with Crippen LogP contribution in [0, 0.1) is 5.82 Å². The highest BCUT2D eigenvalue weighted by atomic mass is 79.9. The molecule has 0 aromatic heterocycles. The molecule has 1 saturated heterocycles. The van der Waals surface area contributed by atoms with E-state index in [1.54, 1.807) is 12.1 Å². The molecule has 1 amide bonds. The Morgan fingerprint density at radius 1 is 1.19 bits per heavy atom. The summed E-state index contributed by atoms with van der Waals surface area (Å²) in [5.41, 5.74) is 0.523. The molecule has 0 atom stereocenters. The van der Waals surface area contributed by atoms with E-state index in [1.165, 1.54) is 34.6 Å². The molecule has 1 aliphatic heterocycles. The van der Waals surface area contributed by atoms with Crippen molar-refractivity contribution < 1.29 is 22.3 Å². The Balaban J connectivity index is 1.74. The summed E-state index contributed by atoms with van der Waals surface area (Å²) in [6.45, 7) is 1.24. The van der Waals surface area contributed by atoms with E-state index in [-0.39, 0.29) is 30.1 Å². The first-order valence-electron chi connectivity index (χ1n) is 8.28. The van der Waals surface area contributed by atoms with Gasteiger partial charge in [0.2, 0.25) is 10.0 Å². The standard InChI is InChI=1S/C18H18BrFN2O4S/c19-15-4-5-17(20)14(10-15)12-21-18(23)13-2-1-3-16(11-13)27(24,25)22-6-8-26-9-7-22/h1-5,10-11H,6-9,12H2,(H,21,23). The van der Waals surface area contributed by atoms with E-state index >= 15 is 0 Å². The van der Waals surface area contributed by atoms with Crippen LogP contribution >= 0.6 is 15.9 Å². The van der Waals surface area contributed by atoms with Crippen molar-refractivity contribution in [2.75, 3.05) is 26.3 Å². The zero-order chi connectivity index (χ0) is 19.4. The first kappa shape index (κ1) is 19.9. The molecule has 144 valence electrons. The summed E-state index contributed by atoms with van der Waals surface area (Å²) in [4.78, 5) is 12.4. The summed E-state index contributed by atoms with van der Waals surface area (Å²) in [5.74, 6) is -0.907. The van der Waals surface area contributed by atoms with Crippen LogP contribution in [-0.2, 0) is 21.3 Å². The van der Waals surface area contributed by atoms with Crippen LogP contribution in [0.2, 0.25) is 0 Å². The van der Waals surface area contributed by atoms with Gasteiger partial charge in [0.1, 0.15) is 5.82 Å². The maximum Gasteiger partial charge on any atom is 0.251 e. The van der Waals surface area contributed by atoms with Gasteiger partial charge in [0.25, 0.3) is 5.91 Å². The molecule has 9 heteroatoms. The Kier molecular flexibility index (Phi) is 6.25. The van der Waals surface area contributed by atoms with Gasteiger partial charge in [-0.3, -0.25) is 4.79 Å². The zero-order valence-corrected chi connectivity index (χ0v) is 16.7. The molecule has 0 unspecified atom stereocenters. The lowest BCUT2D eigenvalue weighted by molar-refractivity contribution is 0.0730. The van der Waals surface area contributed by atoms with Gasteiger partial charge in [-0.25, -0.2) is 12.8 Å². The van der Waals surface area contributed by atoms with E-state index < -0.39 is 21.7 Å². The highest BCUT2D eigenvalue weighted by molar-refractivity contribution is 9.10. The predicted octanol–water partition coefficient (Wildman–Crippen LogP) is 2.54. The van der Waals surface area contributed by atoms with Crippen LogP contribution in [0.15, 0.2) is 51.8 Å². The van der Waals surface area contributed by atoms with Crippen molar-refractivity contribution in [3.05, 3.63) is 63.9 Å². The largest absolute Gasteiger partial charge is 0.379 e. The Morgan fingerprint density at radius 2 is 1.93 bits per heavy atom. The third kappa shape index (κ3) is 4.73. The summed E-state index contributed by atoms with van der Waals surface area (Å²) in [6, 6.07) is 10.3. The zero-order valence-electron chi connectivity index (χ0n) is 14.3. The van der Waals surface area contributed by atoms with E-state index in [0.29, 0.717) is 23.2 Å². The molecule has 0 saturated carbocycles. The van der Waals surface area contributed by atoms with E-state index in [0.717, 1.165) is 0 Å². The number of carbonyl (C=O) groups is 1. The topological polar surface area (TPSA) is 75.7 Å². The highest BCUT2D eigenvalue weighted by Gasteiger charge is 2.26. The molecular weight excluding hydrogens is 439 g/mol. The van der Waals surface area contributed by atoms with E-state index in [4.69, 9.17) is 4.74 Å². The first-order valence-corrected chi connectivity index (χ1v) is 10.5. The van der Waals surface area contributed by atoms with Crippen molar-refractivity contribution in [1.82, 2.24) is 9.62 Å². The monoisotopic (exact) mass is 456 g/mol. The summed E-state index contributed by atoms with van der Waals surface area (Å²) >= 11 is 3.26. The van der Waals surface area contributed by atoms with Crippen LogP contribution in [0.1, 0.15) is 15.9 Å². The van der Waals surface area contributed by atoms with Crippen LogP contribution in [0.4, 0.5) is 4.39 Å². The fourth-order valence-corrected chi connectivity index (χ4v) is 4.55. The second-order valence-corrected chi connectivity index (χ2v) is 8.82. The number of hydrogen-bond donors (Lipinski definition) is 1. The van der Waals surface area contributed by atoms with Gasteiger partial charge >= 0.3 is 0 Å². The molecule has 2 aromatic rings. The molecule has 1 aliphatic rings. The summed E-state index contributed by atoms with van der Waals surface area (Å²) in [5, 5.41) is 2.61. The fourth-order valence-electron chi connectivity index (χ4n) is 2.69. The Bertz CT molecular complexity index is 946. The Morgan fingerprint density at radius 3 is 2.67 bits per heavy atom. The van der Waals surface area contributed by atoms with Crippen LogP contribution in [0.25, 0.3) is 0 Å². The average molecular weight is 457 g/mol.